The molecule has 2 fully saturated rings. The number of aromatic nitrogens is 1. The first-order chi connectivity index (χ1) is 7.31. The zero-order valence-corrected chi connectivity index (χ0v) is 9.67. The molecule has 0 bridgehead atoms. The Balaban J connectivity index is 1.61. The molecule has 2 aliphatic rings. The maximum absolute atomic E-state index is 5.63. The van der Waals surface area contributed by atoms with Gasteiger partial charge in [0.15, 0.2) is 5.13 Å². The van der Waals surface area contributed by atoms with Crippen molar-refractivity contribution in [1.82, 2.24) is 9.88 Å². The number of anilines is 1. The van der Waals surface area contributed by atoms with Gasteiger partial charge in [-0.15, -0.1) is 11.3 Å². The molecule has 1 aliphatic heterocycles. The van der Waals surface area contributed by atoms with Gasteiger partial charge >= 0.3 is 0 Å². The molecule has 1 aliphatic carbocycles. The van der Waals surface area contributed by atoms with E-state index in [1.165, 1.54) is 32.4 Å². The van der Waals surface area contributed by atoms with Crippen molar-refractivity contribution in [1.29, 1.82) is 0 Å². The number of thiazole rings is 1. The number of hydrogen-bond acceptors (Lipinski definition) is 4. The number of nitrogens with zero attached hydrogens (tertiary/aromatic N) is 2. The van der Waals surface area contributed by atoms with E-state index in [9.17, 15) is 0 Å². The van der Waals surface area contributed by atoms with E-state index in [0.29, 0.717) is 5.13 Å². The molecule has 2 unspecified atom stereocenters. The Morgan fingerprint density at radius 2 is 2.13 bits per heavy atom. The predicted octanol–water partition coefficient (Wildman–Crippen LogP) is 1.96. The molecule has 15 heavy (non-hydrogen) atoms. The number of likely N-dealkylation sites (tertiary alicyclic amines) is 1. The van der Waals surface area contributed by atoms with Gasteiger partial charge < -0.3 is 5.73 Å². The van der Waals surface area contributed by atoms with E-state index >= 15 is 0 Å². The van der Waals surface area contributed by atoms with Gasteiger partial charge in [-0.25, -0.2) is 4.98 Å². The second kappa shape index (κ2) is 3.76. The van der Waals surface area contributed by atoms with Crippen molar-refractivity contribution < 1.29 is 0 Å². The summed E-state index contributed by atoms with van der Waals surface area (Å²) in [5.41, 5.74) is 6.78. The van der Waals surface area contributed by atoms with Crippen molar-refractivity contribution in [2.75, 3.05) is 18.8 Å². The average Bonchev–Trinajstić information content (AvgIpc) is 2.81. The molecule has 2 N–H and O–H groups in total. The smallest absolute Gasteiger partial charge is 0.180 e. The van der Waals surface area contributed by atoms with E-state index < -0.39 is 0 Å². The maximum atomic E-state index is 5.63. The van der Waals surface area contributed by atoms with E-state index in [1.807, 2.05) is 0 Å². The van der Waals surface area contributed by atoms with Crippen molar-refractivity contribution in [3.63, 3.8) is 0 Å². The lowest BCUT2D eigenvalue weighted by Crippen LogP contribution is -2.21. The van der Waals surface area contributed by atoms with Crippen molar-refractivity contribution in [3.8, 4) is 0 Å². The summed E-state index contributed by atoms with van der Waals surface area (Å²) in [4.78, 5) is 6.87. The van der Waals surface area contributed by atoms with Gasteiger partial charge in [0.05, 0.1) is 5.69 Å². The van der Waals surface area contributed by atoms with E-state index in [4.69, 9.17) is 5.73 Å². The Morgan fingerprint density at radius 3 is 2.73 bits per heavy atom. The molecule has 2 atom stereocenters. The number of fused-ring (bicyclic) bond motifs is 1. The Kier molecular flexibility index (Phi) is 2.41. The first-order valence-corrected chi connectivity index (χ1v) is 6.61. The maximum Gasteiger partial charge on any atom is 0.180 e. The fraction of sp³-hybridized carbons (Fsp3) is 0.727. The topological polar surface area (TPSA) is 42.1 Å². The molecular weight excluding hydrogens is 206 g/mol. The van der Waals surface area contributed by atoms with Crippen LogP contribution in [0.5, 0.6) is 0 Å². The molecule has 0 aromatic carbocycles. The number of hydrogen-bond donors (Lipinski definition) is 1. The molecule has 0 radical (unpaired) electrons. The van der Waals surface area contributed by atoms with E-state index in [0.717, 1.165) is 24.1 Å². The highest BCUT2D eigenvalue weighted by molar-refractivity contribution is 7.13. The second-order valence-electron chi connectivity index (χ2n) is 4.82. The normalized spacial score (nSPS) is 30.9. The van der Waals surface area contributed by atoms with Crippen molar-refractivity contribution >= 4 is 16.5 Å². The minimum absolute atomic E-state index is 0.699. The van der Waals surface area contributed by atoms with Crippen LogP contribution in [-0.2, 0) is 6.54 Å². The molecule has 1 saturated carbocycles. The molecule has 3 rings (SSSR count). The zero-order valence-electron chi connectivity index (χ0n) is 8.85. The SMILES string of the molecule is Nc1nc(CN2CC3CCCC3C2)cs1. The summed E-state index contributed by atoms with van der Waals surface area (Å²) in [5, 5.41) is 2.79. The summed E-state index contributed by atoms with van der Waals surface area (Å²) < 4.78 is 0. The highest BCUT2D eigenvalue weighted by Crippen LogP contribution is 2.38. The lowest BCUT2D eigenvalue weighted by atomic mass is 10.0. The predicted molar refractivity (Wildman–Crippen MR) is 62.6 cm³/mol. The summed E-state index contributed by atoms with van der Waals surface area (Å²) in [6, 6.07) is 0. The van der Waals surface area contributed by atoms with E-state index in [2.05, 4.69) is 15.3 Å². The molecular formula is C11H17N3S. The van der Waals surface area contributed by atoms with Crippen LogP contribution in [0, 0.1) is 11.8 Å². The zero-order chi connectivity index (χ0) is 10.3. The Labute approximate surface area is 94.3 Å². The van der Waals surface area contributed by atoms with Crippen LogP contribution in [0.4, 0.5) is 5.13 Å². The lowest BCUT2D eigenvalue weighted by Gasteiger charge is -2.14. The highest BCUT2D eigenvalue weighted by atomic mass is 32.1. The van der Waals surface area contributed by atoms with Crippen molar-refractivity contribution in [2.45, 2.75) is 25.8 Å². The highest BCUT2D eigenvalue weighted by Gasteiger charge is 2.35. The Hall–Kier alpha value is -0.610. The first kappa shape index (κ1) is 9.60. The first-order valence-electron chi connectivity index (χ1n) is 5.73. The van der Waals surface area contributed by atoms with Gasteiger partial charge in [-0.1, -0.05) is 6.42 Å². The van der Waals surface area contributed by atoms with Crippen LogP contribution >= 0.6 is 11.3 Å². The monoisotopic (exact) mass is 223 g/mol. The fourth-order valence-electron chi connectivity index (χ4n) is 3.09. The standard InChI is InChI=1S/C11H17N3S/c12-11-13-10(7-15-11)6-14-4-8-2-1-3-9(8)5-14/h7-9H,1-6H2,(H2,12,13). The minimum Gasteiger partial charge on any atom is -0.375 e. The van der Waals surface area contributed by atoms with Crippen LogP contribution < -0.4 is 5.73 Å². The average molecular weight is 223 g/mol. The third-order valence-electron chi connectivity index (χ3n) is 3.76. The third-order valence-corrected chi connectivity index (χ3v) is 4.48. The lowest BCUT2D eigenvalue weighted by molar-refractivity contribution is 0.300. The van der Waals surface area contributed by atoms with Crippen LogP contribution in [0.15, 0.2) is 5.38 Å². The van der Waals surface area contributed by atoms with Crippen molar-refractivity contribution in [3.05, 3.63) is 11.1 Å². The van der Waals surface area contributed by atoms with Crippen LogP contribution in [0.1, 0.15) is 25.0 Å². The molecule has 0 amide bonds. The van der Waals surface area contributed by atoms with E-state index in [-0.39, 0.29) is 0 Å². The molecule has 4 heteroatoms. The number of rotatable bonds is 2. The van der Waals surface area contributed by atoms with Crippen molar-refractivity contribution in [2.24, 2.45) is 11.8 Å². The molecule has 3 nitrogen and oxygen atoms in total. The largest absolute Gasteiger partial charge is 0.375 e. The van der Waals surface area contributed by atoms with Crippen LogP contribution in [0.2, 0.25) is 0 Å². The van der Waals surface area contributed by atoms with Gasteiger partial charge in [0.25, 0.3) is 0 Å². The number of nitrogens with two attached hydrogens (primary N) is 1. The summed E-state index contributed by atoms with van der Waals surface area (Å²) in [5.74, 6) is 1.95. The van der Waals surface area contributed by atoms with Crippen LogP contribution in [0.3, 0.4) is 0 Å². The van der Waals surface area contributed by atoms with Crippen LogP contribution in [-0.4, -0.2) is 23.0 Å². The second-order valence-corrected chi connectivity index (χ2v) is 5.71. The summed E-state index contributed by atoms with van der Waals surface area (Å²) in [6.07, 6.45) is 4.34. The quantitative estimate of drug-likeness (QED) is 0.833. The van der Waals surface area contributed by atoms with Gasteiger partial charge in [0, 0.05) is 25.0 Å². The van der Waals surface area contributed by atoms with Gasteiger partial charge in [-0.05, 0) is 24.7 Å². The van der Waals surface area contributed by atoms with Gasteiger partial charge in [-0.3, -0.25) is 4.90 Å². The van der Waals surface area contributed by atoms with Crippen LogP contribution in [0.25, 0.3) is 0 Å². The Bertz CT molecular complexity index is 337. The molecule has 2 heterocycles. The summed E-state index contributed by atoms with van der Waals surface area (Å²) in [7, 11) is 0. The van der Waals surface area contributed by atoms with Gasteiger partial charge in [-0.2, -0.15) is 0 Å². The van der Waals surface area contributed by atoms with Gasteiger partial charge in [0.2, 0.25) is 0 Å². The minimum atomic E-state index is 0.699. The van der Waals surface area contributed by atoms with E-state index in [1.54, 1.807) is 11.3 Å². The molecule has 1 aromatic rings. The number of nitrogen functional groups attached to an aromatic ring is 1. The molecule has 0 spiro atoms. The third kappa shape index (κ3) is 1.88. The molecule has 82 valence electrons. The molecule has 1 aromatic heterocycles. The molecule has 1 saturated heterocycles. The summed E-state index contributed by atoms with van der Waals surface area (Å²) >= 11 is 1.55. The Morgan fingerprint density at radius 1 is 1.40 bits per heavy atom. The van der Waals surface area contributed by atoms with Gasteiger partial charge in [0.1, 0.15) is 0 Å². The fourth-order valence-corrected chi connectivity index (χ4v) is 3.64. The summed E-state index contributed by atoms with van der Waals surface area (Å²) in [6.45, 7) is 3.56.